The average Bonchev–Trinajstić information content (AvgIpc) is 3.20. The van der Waals surface area contributed by atoms with E-state index < -0.39 is 6.09 Å². The summed E-state index contributed by atoms with van der Waals surface area (Å²) in [4.78, 5) is 30.2. The number of cyclic esters (lactones) is 1. The predicted octanol–water partition coefficient (Wildman–Crippen LogP) is 2.40. The van der Waals surface area contributed by atoms with Gasteiger partial charge < -0.3 is 10.1 Å². The van der Waals surface area contributed by atoms with E-state index in [-0.39, 0.29) is 12.5 Å². The first-order valence-electron chi connectivity index (χ1n) is 8.67. The van der Waals surface area contributed by atoms with Crippen molar-refractivity contribution in [1.29, 1.82) is 0 Å². The smallest absolute Gasteiger partial charge is 0.410 e. The molecule has 8 heteroatoms. The number of ether oxygens (including phenoxy) is 1. The number of aryl methyl sites for hydroxylation is 2. The fraction of sp³-hybridized carbons (Fsp3) is 0.263. The number of anilines is 1. The van der Waals surface area contributed by atoms with E-state index in [1.54, 1.807) is 4.52 Å². The van der Waals surface area contributed by atoms with Gasteiger partial charge in [-0.2, -0.15) is 9.61 Å². The van der Waals surface area contributed by atoms with Crippen molar-refractivity contribution >= 4 is 23.5 Å². The Morgan fingerprint density at radius 3 is 2.74 bits per heavy atom. The van der Waals surface area contributed by atoms with Gasteiger partial charge in [0.25, 0.3) is 0 Å². The maximum absolute atomic E-state index is 12.6. The molecule has 1 N–H and O–H groups in total. The Morgan fingerprint density at radius 2 is 2.04 bits per heavy atom. The zero-order valence-corrected chi connectivity index (χ0v) is 15.1. The summed E-state index contributed by atoms with van der Waals surface area (Å²) in [6.45, 7) is 4.41. The number of aromatic nitrogens is 3. The Bertz CT molecular complexity index is 1030. The molecule has 1 aromatic carbocycles. The number of nitrogens with zero attached hydrogens (tertiary/aromatic N) is 4. The van der Waals surface area contributed by atoms with Crippen molar-refractivity contribution in [2.45, 2.75) is 13.8 Å². The molecular weight excluding hydrogens is 346 g/mol. The lowest BCUT2D eigenvalue weighted by Gasteiger charge is -2.17. The number of carbonyl (C=O) groups excluding carboxylic acids is 2. The molecule has 1 saturated heterocycles. The molecule has 3 heterocycles. The fourth-order valence-electron chi connectivity index (χ4n) is 3.22. The zero-order valence-electron chi connectivity index (χ0n) is 15.1. The predicted molar refractivity (Wildman–Crippen MR) is 99.4 cm³/mol. The highest BCUT2D eigenvalue weighted by atomic mass is 16.6. The lowest BCUT2D eigenvalue weighted by Crippen LogP contribution is -2.34. The minimum atomic E-state index is -0.473. The van der Waals surface area contributed by atoms with Crippen molar-refractivity contribution in [3.8, 4) is 11.1 Å². The topological polar surface area (TPSA) is 88.8 Å². The molecule has 1 aliphatic rings. The summed E-state index contributed by atoms with van der Waals surface area (Å²) >= 11 is 0. The van der Waals surface area contributed by atoms with Crippen molar-refractivity contribution in [3.05, 3.63) is 47.8 Å². The Kier molecular flexibility index (Phi) is 4.23. The van der Waals surface area contributed by atoms with E-state index in [2.05, 4.69) is 15.4 Å². The SMILES string of the molecule is Cc1cc2nc(C)c(-c3ccccc3)c(NC(=O)CN3CCOC3=O)n2n1. The minimum absolute atomic E-state index is 0.0732. The highest BCUT2D eigenvalue weighted by Gasteiger charge is 2.25. The van der Waals surface area contributed by atoms with E-state index in [0.29, 0.717) is 24.6 Å². The molecule has 2 amide bonds. The van der Waals surface area contributed by atoms with Crippen LogP contribution in [-0.4, -0.2) is 51.2 Å². The van der Waals surface area contributed by atoms with Gasteiger partial charge in [0.1, 0.15) is 19.0 Å². The van der Waals surface area contributed by atoms with Crippen molar-refractivity contribution < 1.29 is 14.3 Å². The average molecular weight is 365 g/mol. The largest absolute Gasteiger partial charge is 0.448 e. The Morgan fingerprint density at radius 1 is 1.26 bits per heavy atom. The van der Waals surface area contributed by atoms with E-state index >= 15 is 0 Å². The van der Waals surface area contributed by atoms with Gasteiger partial charge in [0.05, 0.1) is 17.9 Å². The van der Waals surface area contributed by atoms with E-state index in [1.807, 2.05) is 50.2 Å². The van der Waals surface area contributed by atoms with Crippen LogP contribution < -0.4 is 5.32 Å². The summed E-state index contributed by atoms with van der Waals surface area (Å²) < 4.78 is 6.51. The molecule has 0 bridgehead atoms. The van der Waals surface area contributed by atoms with Gasteiger partial charge >= 0.3 is 6.09 Å². The molecule has 8 nitrogen and oxygen atoms in total. The number of hydrogen-bond donors (Lipinski definition) is 1. The number of nitrogens with one attached hydrogen (secondary N) is 1. The van der Waals surface area contributed by atoms with Gasteiger partial charge in [-0.1, -0.05) is 30.3 Å². The second-order valence-corrected chi connectivity index (χ2v) is 6.43. The lowest BCUT2D eigenvalue weighted by atomic mass is 10.0. The van der Waals surface area contributed by atoms with Crippen LogP contribution in [0.4, 0.5) is 10.6 Å². The van der Waals surface area contributed by atoms with Crippen LogP contribution in [0.3, 0.4) is 0 Å². The Hall–Kier alpha value is -3.42. The first kappa shape index (κ1) is 17.0. The summed E-state index contributed by atoms with van der Waals surface area (Å²) in [7, 11) is 0. The lowest BCUT2D eigenvalue weighted by molar-refractivity contribution is -0.116. The van der Waals surface area contributed by atoms with Crippen LogP contribution in [0.1, 0.15) is 11.4 Å². The molecule has 4 rings (SSSR count). The Labute approximate surface area is 155 Å². The third-order valence-electron chi connectivity index (χ3n) is 4.41. The molecular formula is C19H19N5O3. The molecule has 0 spiro atoms. The number of hydrogen-bond acceptors (Lipinski definition) is 5. The highest BCUT2D eigenvalue weighted by molar-refractivity contribution is 5.97. The van der Waals surface area contributed by atoms with Crippen LogP contribution in [0.25, 0.3) is 16.8 Å². The van der Waals surface area contributed by atoms with E-state index in [0.717, 1.165) is 22.5 Å². The molecule has 3 aromatic rings. The summed E-state index contributed by atoms with van der Waals surface area (Å²) in [5.41, 5.74) is 3.95. The molecule has 1 aliphatic heterocycles. The van der Waals surface area contributed by atoms with Gasteiger partial charge in [0.15, 0.2) is 5.65 Å². The fourth-order valence-corrected chi connectivity index (χ4v) is 3.22. The quantitative estimate of drug-likeness (QED) is 0.767. The number of amides is 2. The number of benzene rings is 1. The van der Waals surface area contributed by atoms with Gasteiger partial charge in [-0.15, -0.1) is 0 Å². The summed E-state index contributed by atoms with van der Waals surface area (Å²) in [6.07, 6.45) is -0.473. The van der Waals surface area contributed by atoms with Gasteiger partial charge in [-0.25, -0.2) is 9.78 Å². The zero-order chi connectivity index (χ0) is 19.0. The molecule has 0 unspecified atom stereocenters. The summed E-state index contributed by atoms with van der Waals surface area (Å²) in [6, 6.07) is 11.6. The Balaban J connectivity index is 1.77. The standard InChI is InChI=1S/C19H19N5O3/c1-12-10-15-20-13(2)17(14-6-4-3-5-7-14)18(24(15)22-12)21-16(25)11-23-8-9-27-19(23)26/h3-7,10H,8-9,11H2,1-2H3,(H,21,25). The van der Waals surface area contributed by atoms with Gasteiger partial charge in [-0.3, -0.25) is 9.69 Å². The number of carbonyl (C=O) groups is 2. The molecule has 0 atom stereocenters. The monoisotopic (exact) mass is 365 g/mol. The number of fused-ring (bicyclic) bond motifs is 1. The van der Waals surface area contributed by atoms with Crippen LogP contribution in [0.15, 0.2) is 36.4 Å². The molecule has 138 valence electrons. The van der Waals surface area contributed by atoms with E-state index in [9.17, 15) is 9.59 Å². The van der Waals surface area contributed by atoms with Gasteiger partial charge in [0, 0.05) is 11.6 Å². The first-order chi connectivity index (χ1) is 13.0. The van der Waals surface area contributed by atoms with Crippen LogP contribution in [0.2, 0.25) is 0 Å². The second kappa shape index (κ2) is 6.71. The third kappa shape index (κ3) is 3.21. The van der Waals surface area contributed by atoms with Gasteiger partial charge in [0.2, 0.25) is 5.91 Å². The normalized spacial score (nSPS) is 13.9. The molecule has 0 aliphatic carbocycles. The molecule has 2 aromatic heterocycles. The van der Waals surface area contributed by atoms with E-state index in [1.165, 1.54) is 4.90 Å². The van der Waals surface area contributed by atoms with Crippen LogP contribution in [-0.2, 0) is 9.53 Å². The van der Waals surface area contributed by atoms with Crippen LogP contribution >= 0.6 is 0 Å². The number of rotatable bonds is 4. The van der Waals surface area contributed by atoms with Gasteiger partial charge in [-0.05, 0) is 19.4 Å². The molecule has 0 radical (unpaired) electrons. The highest BCUT2D eigenvalue weighted by Crippen LogP contribution is 2.31. The van der Waals surface area contributed by atoms with Crippen LogP contribution in [0.5, 0.6) is 0 Å². The van der Waals surface area contributed by atoms with Crippen LogP contribution in [0, 0.1) is 13.8 Å². The maximum Gasteiger partial charge on any atom is 0.410 e. The van der Waals surface area contributed by atoms with Crippen molar-refractivity contribution in [3.63, 3.8) is 0 Å². The second-order valence-electron chi connectivity index (χ2n) is 6.43. The van der Waals surface area contributed by atoms with Crippen molar-refractivity contribution in [1.82, 2.24) is 19.5 Å². The van der Waals surface area contributed by atoms with E-state index in [4.69, 9.17) is 4.74 Å². The minimum Gasteiger partial charge on any atom is -0.448 e. The summed E-state index contributed by atoms with van der Waals surface area (Å²) in [5, 5.41) is 7.40. The first-order valence-corrected chi connectivity index (χ1v) is 8.67. The van der Waals surface area contributed by atoms with Crippen molar-refractivity contribution in [2.75, 3.05) is 25.0 Å². The maximum atomic E-state index is 12.6. The summed E-state index contributed by atoms with van der Waals surface area (Å²) in [5.74, 6) is 0.223. The van der Waals surface area contributed by atoms with Crippen molar-refractivity contribution in [2.24, 2.45) is 0 Å². The molecule has 27 heavy (non-hydrogen) atoms. The molecule has 0 saturated carbocycles. The molecule has 1 fully saturated rings. The third-order valence-corrected chi connectivity index (χ3v) is 4.41.